The molecule has 0 spiro atoms. The van der Waals surface area contributed by atoms with E-state index in [-0.39, 0.29) is 22.7 Å². The van der Waals surface area contributed by atoms with Gasteiger partial charge >= 0.3 is 0 Å². The van der Waals surface area contributed by atoms with Gasteiger partial charge in [0.1, 0.15) is 5.78 Å². The summed E-state index contributed by atoms with van der Waals surface area (Å²) in [5, 5.41) is -0.164. The Morgan fingerprint density at radius 1 is 0.719 bits per heavy atom. The van der Waals surface area contributed by atoms with Crippen molar-refractivity contribution in [2.24, 2.45) is 16.7 Å². The molecule has 4 atom stereocenters. The molecular weight excluding hydrogens is 412 g/mol. The Hall–Kier alpha value is -2.91. The van der Waals surface area contributed by atoms with Crippen LogP contribution in [0, 0.1) is 16.7 Å². The SMILES string of the molecule is CC(=O)C1C(Sc2ccccc2)C2(C)C(=O)C1(C)C(c1ccccc1)=C2c1ccccc1. The molecule has 2 bridgehead atoms. The molecule has 3 heteroatoms. The van der Waals surface area contributed by atoms with Gasteiger partial charge in [0.25, 0.3) is 0 Å². The van der Waals surface area contributed by atoms with Crippen LogP contribution in [0.4, 0.5) is 0 Å². The predicted octanol–water partition coefficient (Wildman–Crippen LogP) is 6.57. The lowest BCUT2D eigenvalue weighted by molar-refractivity contribution is -0.130. The first-order valence-electron chi connectivity index (χ1n) is 11.0. The Kier molecular flexibility index (Phi) is 4.98. The second-order valence-corrected chi connectivity index (χ2v) is 10.4. The van der Waals surface area contributed by atoms with Crippen LogP contribution >= 0.6 is 11.8 Å². The summed E-state index contributed by atoms with van der Waals surface area (Å²) < 4.78 is 0. The highest BCUT2D eigenvalue weighted by Crippen LogP contribution is 2.72. The normalized spacial score (nSPS) is 28.9. The first-order chi connectivity index (χ1) is 15.4. The molecule has 0 aromatic heterocycles. The molecular formula is C29H26O2S. The average Bonchev–Trinajstić information content (AvgIpc) is 3.09. The van der Waals surface area contributed by atoms with Crippen LogP contribution in [0.3, 0.4) is 0 Å². The van der Waals surface area contributed by atoms with E-state index in [2.05, 4.69) is 43.3 Å². The number of hydrogen-bond donors (Lipinski definition) is 0. The third kappa shape index (κ3) is 2.80. The zero-order valence-electron chi connectivity index (χ0n) is 18.5. The topological polar surface area (TPSA) is 34.1 Å². The van der Waals surface area contributed by atoms with Gasteiger partial charge in [-0.1, -0.05) is 78.9 Å². The first kappa shape index (κ1) is 21.0. The number of ketones is 2. The second-order valence-electron chi connectivity index (χ2n) is 9.16. The van der Waals surface area contributed by atoms with E-state index in [0.717, 1.165) is 27.2 Å². The third-order valence-corrected chi connectivity index (χ3v) is 8.84. The summed E-state index contributed by atoms with van der Waals surface area (Å²) in [5.41, 5.74) is 2.55. The Bertz CT molecular complexity index is 1220. The standard InChI is InChI=1S/C29H26O2S/c1-19(30)23-26(32-22-17-11-6-12-18-22)29(3)25(21-15-9-5-10-16-21)24(28(23,2)27(29)31)20-13-7-4-8-14-20/h4-18,23,26H,1-3H3. The minimum absolute atomic E-state index is 0.0820. The van der Waals surface area contributed by atoms with Crippen molar-refractivity contribution in [3.8, 4) is 0 Å². The van der Waals surface area contributed by atoms with Gasteiger partial charge in [-0.05, 0) is 55.2 Å². The van der Waals surface area contributed by atoms with Crippen molar-refractivity contribution in [3.05, 3.63) is 102 Å². The van der Waals surface area contributed by atoms with Gasteiger partial charge in [-0.2, -0.15) is 0 Å². The Balaban J connectivity index is 1.81. The number of Topliss-reactive ketones (excluding diaryl/α,β-unsaturated/α-hetero) is 2. The van der Waals surface area contributed by atoms with Crippen molar-refractivity contribution in [1.29, 1.82) is 0 Å². The monoisotopic (exact) mass is 438 g/mol. The van der Waals surface area contributed by atoms with Crippen LogP contribution < -0.4 is 0 Å². The van der Waals surface area contributed by atoms with Crippen LogP contribution in [0.5, 0.6) is 0 Å². The Morgan fingerprint density at radius 2 is 1.16 bits per heavy atom. The lowest BCUT2D eigenvalue weighted by Gasteiger charge is -2.40. The molecule has 1 fully saturated rings. The highest BCUT2D eigenvalue weighted by atomic mass is 32.2. The van der Waals surface area contributed by atoms with Gasteiger partial charge in [-0.3, -0.25) is 9.59 Å². The number of carbonyl (C=O) groups is 2. The smallest absolute Gasteiger partial charge is 0.155 e. The van der Waals surface area contributed by atoms with Crippen LogP contribution in [-0.4, -0.2) is 16.8 Å². The van der Waals surface area contributed by atoms with E-state index in [4.69, 9.17) is 0 Å². The molecule has 3 aromatic rings. The highest BCUT2D eigenvalue weighted by molar-refractivity contribution is 8.00. The van der Waals surface area contributed by atoms with Crippen molar-refractivity contribution in [3.63, 3.8) is 0 Å². The minimum Gasteiger partial charge on any atom is -0.300 e. The molecule has 0 radical (unpaired) electrons. The van der Waals surface area contributed by atoms with E-state index in [1.54, 1.807) is 18.7 Å². The summed E-state index contributed by atoms with van der Waals surface area (Å²) in [7, 11) is 0. The quantitative estimate of drug-likeness (QED) is 0.452. The molecule has 5 rings (SSSR count). The maximum atomic E-state index is 14.3. The molecule has 0 heterocycles. The molecule has 1 saturated carbocycles. The maximum Gasteiger partial charge on any atom is 0.155 e. The molecule has 0 aliphatic heterocycles. The van der Waals surface area contributed by atoms with Gasteiger partial charge in [0.15, 0.2) is 5.78 Å². The Morgan fingerprint density at radius 3 is 1.62 bits per heavy atom. The van der Waals surface area contributed by atoms with Gasteiger partial charge in [0.2, 0.25) is 0 Å². The van der Waals surface area contributed by atoms with Gasteiger partial charge in [0.05, 0.1) is 10.8 Å². The zero-order valence-corrected chi connectivity index (χ0v) is 19.4. The Labute approximate surface area is 193 Å². The molecule has 0 N–H and O–H groups in total. The molecule has 0 saturated heterocycles. The number of carbonyl (C=O) groups excluding carboxylic acids is 2. The molecule has 0 amide bonds. The number of fused-ring (bicyclic) bond motifs is 2. The molecule has 160 valence electrons. The fourth-order valence-corrected chi connectivity index (χ4v) is 7.71. The number of hydrogen-bond acceptors (Lipinski definition) is 3. The summed E-state index contributed by atoms with van der Waals surface area (Å²) in [4.78, 5) is 28.5. The molecule has 32 heavy (non-hydrogen) atoms. The van der Waals surface area contributed by atoms with Crippen LogP contribution in [0.25, 0.3) is 11.1 Å². The van der Waals surface area contributed by atoms with E-state index in [1.165, 1.54) is 0 Å². The fourth-order valence-electron chi connectivity index (χ4n) is 6.04. The van der Waals surface area contributed by atoms with E-state index in [0.29, 0.717) is 0 Å². The van der Waals surface area contributed by atoms with E-state index < -0.39 is 10.8 Å². The minimum atomic E-state index is -0.862. The zero-order chi connectivity index (χ0) is 22.5. The van der Waals surface area contributed by atoms with Crippen LogP contribution in [0.2, 0.25) is 0 Å². The van der Waals surface area contributed by atoms with E-state index in [9.17, 15) is 9.59 Å². The molecule has 3 aromatic carbocycles. The third-order valence-electron chi connectivity index (χ3n) is 7.29. The lowest BCUT2D eigenvalue weighted by Crippen LogP contribution is -2.40. The largest absolute Gasteiger partial charge is 0.300 e. The number of thioether (sulfide) groups is 1. The van der Waals surface area contributed by atoms with Gasteiger partial charge in [0, 0.05) is 16.1 Å². The summed E-state index contributed by atoms with van der Waals surface area (Å²) in [5.74, 6) is -0.136. The number of rotatable bonds is 5. The highest BCUT2D eigenvalue weighted by Gasteiger charge is 2.73. The molecule has 2 aliphatic carbocycles. The van der Waals surface area contributed by atoms with Crippen LogP contribution in [-0.2, 0) is 9.59 Å². The summed E-state index contributed by atoms with van der Waals surface area (Å²) >= 11 is 1.67. The number of benzene rings is 3. The van der Waals surface area contributed by atoms with Crippen molar-refractivity contribution < 1.29 is 9.59 Å². The summed E-state index contributed by atoms with van der Waals surface area (Å²) in [6, 6.07) is 30.5. The lowest BCUT2D eigenvalue weighted by atomic mass is 9.66. The fraction of sp³-hybridized carbons (Fsp3) is 0.241. The van der Waals surface area contributed by atoms with E-state index >= 15 is 0 Å². The maximum absolute atomic E-state index is 14.3. The average molecular weight is 439 g/mol. The van der Waals surface area contributed by atoms with Gasteiger partial charge in [-0.25, -0.2) is 0 Å². The predicted molar refractivity (Wildman–Crippen MR) is 131 cm³/mol. The van der Waals surface area contributed by atoms with Gasteiger partial charge < -0.3 is 0 Å². The van der Waals surface area contributed by atoms with Crippen LogP contribution in [0.15, 0.2) is 95.9 Å². The van der Waals surface area contributed by atoms with Crippen molar-refractivity contribution in [2.75, 3.05) is 0 Å². The molecule has 4 unspecified atom stereocenters. The van der Waals surface area contributed by atoms with Crippen molar-refractivity contribution in [1.82, 2.24) is 0 Å². The second kappa shape index (κ2) is 7.60. The van der Waals surface area contributed by atoms with Gasteiger partial charge in [-0.15, -0.1) is 11.8 Å². The summed E-state index contributed by atoms with van der Waals surface area (Å²) in [6.45, 7) is 5.72. The van der Waals surface area contributed by atoms with Crippen molar-refractivity contribution in [2.45, 2.75) is 30.9 Å². The number of allylic oxidation sites excluding steroid dienone is 2. The molecule has 2 aliphatic rings. The van der Waals surface area contributed by atoms with Crippen molar-refractivity contribution >= 4 is 34.5 Å². The summed E-state index contributed by atoms with van der Waals surface area (Å²) in [6.07, 6.45) is 0. The first-order valence-corrected chi connectivity index (χ1v) is 11.9. The van der Waals surface area contributed by atoms with Crippen LogP contribution in [0.1, 0.15) is 31.9 Å². The molecule has 2 nitrogen and oxygen atoms in total. The van der Waals surface area contributed by atoms with E-state index in [1.807, 2.05) is 61.5 Å².